The smallest absolute Gasteiger partial charge is 0.336 e. The van der Waals surface area contributed by atoms with Gasteiger partial charge in [-0.15, -0.1) is 0 Å². The first-order chi connectivity index (χ1) is 14.1. The van der Waals surface area contributed by atoms with Gasteiger partial charge in [0.15, 0.2) is 0 Å². The second-order valence-electron chi connectivity index (χ2n) is 12.0. The van der Waals surface area contributed by atoms with Crippen LogP contribution in [0.2, 0.25) is 0 Å². The summed E-state index contributed by atoms with van der Waals surface area (Å²) in [4.78, 5) is 13.0. The molecule has 0 spiro atoms. The quantitative estimate of drug-likeness (QED) is 0.403. The Balaban J connectivity index is 1.58. The van der Waals surface area contributed by atoms with Crippen LogP contribution >= 0.6 is 0 Å². The van der Waals surface area contributed by atoms with Crippen LogP contribution in [-0.4, -0.2) is 18.4 Å². The second-order valence-corrected chi connectivity index (χ2v) is 12.0. The van der Waals surface area contributed by atoms with Gasteiger partial charge < -0.3 is 9.47 Å². The number of ether oxygens (including phenoxy) is 2. The highest BCUT2D eigenvalue weighted by Gasteiger charge is 2.66. The second kappa shape index (κ2) is 6.70. The Kier molecular flexibility index (Phi) is 4.65. The van der Waals surface area contributed by atoms with Crippen LogP contribution in [0, 0.1) is 46.3 Å². The van der Waals surface area contributed by atoms with Gasteiger partial charge in [-0.3, -0.25) is 0 Å². The molecule has 0 amide bonds. The van der Waals surface area contributed by atoms with E-state index >= 15 is 0 Å². The summed E-state index contributed by atoms with van der Waals surface area (Å²) in [5.41, 5.74) is 3.04. The van der Waals surface area contributed by atoms with Crippen LogP contribution in [0.5, 0.6) is 0 Å². The van der Waals surface area contributed by atoms with Crippen molar-refractivity contribution in [1.29, 1.82) is 0 Å². The highest BCUT2D eigenvalue weighted by atomic mass is 16.7. The molecule has 0 radical (unpaired) electrons. The minimum absolute atomic E-state index is 0.115. The number of hydrogen-bond acceptors (Lipinski definition) is 3. The van der Waals surface area contributed by atoms with Crippen molar-refractivity contribution in [2.75, 3.05) is 6.61 Å². The fourth-order valence-electron chi connectivity index (χ4n) is 8.84. The number of allylic oxidation sites excluding steroid dienone is 2. The Hall–Kier alpha value is -1.09. The normalized spacial score (nSPS) is 53.6. The van der Waals surface area contributed by atoms with Gasteiger partial charge in [-0.1, -0.05) is 39.0 Å². The Morgan fingerprint density at radius 1 is 1.23 bits per heavy atom. The molecule has 0 unspecified atom stereocenters. The number of esters is 1. The van der Waals surface area contributed by atoms with Crippen LogP contribution in [0.4, 0.5) is 0 Å². The van der Waals surface area contributed by atoms with Gasteiger partial charge in [0.1, 0.15) is 0 Å². The minimum atomic E-state index is -0.707. The molecule has 4 fully saturated rings. The van der Waals surface area contributed by atoms with E-state index in [1.54, 1.807) is 0 Å². The highest BCUT2D eigenvalue weighted by molar-refractivity contribution is 5.92. The molecule has 9 atom stereocenters. The maximum Gasteiger partial charge on any atom is 0.336 e. The van der Waals surface area contributed by atoms with Crippen LogP contribution in [0.25, 0.3) is 0 Å². The summed E-state index contributed by atoms with van der Waals surface area (Å²) in [6.45, 7) is 16.7. The summed E-state index contributed by atoms with van der Waals surface area (Å²) >= 11 is 0. The van der Waals surface area contributed by atoms with Crippen molar-refractivity contribution >= 4 is 5.97 Å². The minimum Gasteiger partial charge on any atom is -0.429 e. The molecule has 3 heteroatoms. The molecule has 1 heterocycles. The molecule has 0 bridgehead atoms. The van der Waals surface area contributed by atoms with Crippen LogP contribution in [0.1, 0.15) is 79.6 Å². The van der Waals surface area contributed by atoms with E-state index in [4.69, 9.17) is 9.47 Å². The van der Waals surface area contributed by atoms with E-state index in [1.807, 2.05) is 6.92 Å². The van der Waals surface area contributed by atoms with E-state index in [2.05, 4.69) is 40.3 Å². The first-order valence-electron chi connectivity index (χ1n) is 12.4. The summed E-state index contributed by atoms with van der Waals surface area (Å²) in [6.07, 6.45) is 10.6. The third kappa shape index (κ3) is 2.69. The number of carbonyl (C=O) groups is 1. The van der Waals surface area contributed by atoms with E-state index in [0.717, 1.165) is 18.4 Å². The summed E-state index contributed by atoms with van der Waals surface area (Å²) < 4.78 is 12.2. The fraction of sp³-hybridized carbons (Fsp3) is 0.815. The van der Waals surface area contributed by atoms with Gasteiger partial charge in [0.05, 0.1) is 5.92 Å². The van der Waals surface area contributed by atoms with Crippen LogP contribution in [-0.2, 0) is 14.3 Å². The topological polar surface area (TPSA) is 35.5 Å². The highest BCUT2D eigenvalue weighted by Crippen LogP contribution is 2.68. The lowest BCUT2D eigenvalue weighted by Gasteiger charge is -2.55. The van der Waals surface area contributed by atoms with E-state index in [9.17, 15) is 4.79 Å². The standard InChI is InChI=1S/C27H40O3/c1-7-29-27-14-17(4)20-15-26(6)13-12-25(5)11-10-18(16(2)3)23(25)21(26)9-8-19(22(20)27)24(28)30-27/h8,17-18,20-23H,2,7,9-15H2,1,3-6H3/b19-8+/t17-,18+,20-,21-,22-,23-,25-,26+,27+/m0/s1. The summed E-state index contributed by atoms with van der Waals surface area (Å²) in [5.74, 6) is 2.22. The van der Waals surface area contributed by atoms with Crippen molar-refractivity contribution in [3.63, 3.8) is 0 Å². The lowest BCUT2D eigenvalue weighted by atomic mass is 9.49. The summed E-state index contributed by atoms with van der Waals surface area (Å²) in [6, 6.07) is 0. The van der Waals surface area contributed by atoms with E-state index in [-0.39, 0.29) is 11.9 Å². The van der Waals surface area contributed by atoms with E-state index in [0.29, 0.717) is 47.0 Å². The zero-order valence-electron chi connectivity index (χ0n) is 19.6. The number of carbonyl (C=O) groups excluding carboxylic acids is 1. The first kappa shape index (κ1) is 20.8. The molecule has 1 saturated heterocycles. The van der Waals surface area contributed by atoms with Crippen LogP contribution in [0.3, 0.4) is 0 Å². The van der Waals surface area contributed by atoms with Crippen LogP contribution in [0.15, 0.2) is 23.8 Å². The van der Waals surface area contributed by atoms with Crippen molar-refractivity contribution in [3.8, 4) is 0 Å². The van der Waals surface area contributed by atoms with Crippen molar-refractivity contribution in [1.82, 2.24) is 0 Å². The first-order valence-corrected chi connectivity index (χ1v) is 12.4. The van der Waals surface area contributed by atoms with Gasteiger partial charge in [-0.25, -0.2) is 4.79 Å². The number of hydrogen-bond donors (Lipinski definition) is 0. The van der Waals surface area contributed by atoms with Gasteiger partial charge in [0.2, 0.25) is 5.79 Å². The summed E-state index contributed by atoms with van der Waals surface area (Å²) in [5, 5.41) is 0. The van der Waals surface area contributed by atoms with Crippen molar-refractivity contribution in [2.24, 2.45) is 46.3 Å². The van der Waals surface area contributed by atoms with E-state index < -0.39 is 5.79 Å². The predicted molar refractivity (Wildman–Crippen MR) is 118 cm³/mol. The average molecular weight is 413 g/mol. The largest absolute Gasteiger partial charge is 0.429 e. The zero-order chi connectivity index (χ0) is 21.5. The van der Waals surface area contributed by atoms with Gasteiger partial charge in [0, 0.05) is 18.6 Å². The monoisotopic (exact) mass is 412 g/mol. The lowest BCUT2D eigenvalue weighted by molar-refractivity contribution is -0.221. The molecule has 166 valence electrons. The van der Waals surface area contributed by atoms with Gasteiger partial charge in [0.25, 0.3) is 0 Å². The average Bonchev–Trinajstić information content (AvgIpc) is 3.21. The zero-order valence-corrected chi connectivity index (χ0v) is 19.6. The van der Waals surface area contributed by atoms with E-state index in [1.165, 1.54) is 37.7 Å². The summed E-state index contributed by atoms with van der Waals surface area (Å²) in [7, 11) is 0. The van der Waals surface area contributed by atoms with Crippen LogP contribution < -0.4 is 0 Å². The number of rotatable bonds is 3. The molecule has 1 aliphatic heterocycles. The lowest BCUT2D eigenvalue weighted by Crippen LogP contribution is -2.48. The molecule has 5 rings (SSSR count). The van der Waals surface area contributed by atoms with Crippen molar-refractivity contribution in [2.45, 2.75) is 85.4 Å². The third-order valence-corrected chi connectivity index (χ3v) is 10.3. The Morgan fingerprint density at radius 2 is 1.97 bits per heavy atom. The molecule has 3 nitrogen and oxygen atoms in total. The molecule has 3 saturated carbocycles. The molecular weight excluding hydrogens is 372 g/mol. The fourth-order valence-corrected chi connectivity index (χ4v) is 8.84. The maximum atomic E-state index is 13.0. The molecule has 0 aromatic heterocycles. The molecule has 0 aromatic rings. The Labute approximate surface area is 182 Å². The molecule has 5 aliphatic rings. The molecular formula is C27H40O3. The van der Waals surface area contributed by atoms with Crippen molar-refractivity contribution in [3.05, 3.63) is 23.8 Å². The maximum absolute atomic E-state index is 13.0. The molecule has 4 aliphatic carbocycles. The molecule has 30 heavy (non-hydrogen) atoms. The third-order valence-electron chi connectivity index (χ3n) is 10.3. The Morgan fingerprint density at radius 3 is 2.67 bits per heavy atom. The van der Waals surface area contributed by atoms with Gasteiger partial charge in [-0.2, -0.15) is 0 Å². The molecule has 0 aromatic carbocycles. The van der Waals surface area contributed by atoms with Gasteiger partial charge >= 0.3 is 5.97 Å². The van der Waals surface area contributed by atoms with Gasteiger partial charge in [-0.05, 0) is 92.8 Å². The Bertz CT molecular complexity index is 798. The van der Waals surface area contributed by atoms with Crippen molar-refractivity contribution < 1.29 is 14.3 Å². The predicted octanol–water partition coefficient (Wildman–Crippen LogP) is 6.29. The molecule has 0 N–H and O–H groups in total. The SMILES string of the molecule is C=C(C)[C@H]1CC[C@@]2(C)CC[C@]3(C)C[C@H]4[C@@H](C)C[C@@]5(OCC)OC(=O)/C(=C/C[C@H]3[C@H]12)[C@@H]45. The number of fused-ring (bicyclic) bond motifs is 3.